The molecule has 16 heavy (non-hydrogen) atoms. The average molecular weight is 253 g/mol. The molecule has 4 nitrogen and oxygen atoms in total. The van der Waals surface area contributed by atoms with E-state index in [0.717, 1.165) is 45.3 Å². The smallest absolute Gasteiger partial charge is 0.236 e. The normalized spacial score (nSPS) is 11.7. The molecule has 0 aliphatic carbocycles. The summed E-state index contributed by atoms with van der Waals surface area (Å²) in [5, 5.41) is 2.84. The second-order valence-electron chi connectivity index (χ2n) is 3.74. The van der Waals surface area contributed by atoms with Gasteiger partial charge in [0.05, 0.1) is 6.04 Å². The maximum atomic E-state index is 11.4. The van der Waals surface area contributed by atoms with Crippen LogP contribution in [-0.2, 0) is 9.53 Å². The molecule has 0 aliphatic rings. The molecular weight excluding hydrogens is 228 g/mol. The van der Waals surface area contributed by atoms with Crippen molar-refractivity contribution in [1.29, 1.82) is 0 Å². The minimum atomic E-state index is -0.339. The molecule has 0 bridgehead atoms. The molecule has 5 heteroatoms. The van der Waals surface area contributed by atoms with Crippen LogP contribution < -0.4 is 11.1 Å². The number of hydrogen-bond acceptors (Lipinski definition) is 3. The van der Waals surface area contributed by atoms with Crippen LogP contribution in [-0.4, -0.2) is 32.2 Å². The lowest BCUT2D eigenvalue weighted by atomic mass is 10.1. The number of rotatable bonds is 9. The van der Waals surface area contributed by atoms with E-state index in [-0.39, 0.29) is 24.4 Å². The predicted octanol–water partition coefficient (Wildman–Crippen LogP) is 1.47. The largest absolute Gasteiger partial charge is 0.385 e. The second kappa shape index (κ2) is 12.7. The van der Waals surface area contributed by atoms with Crippen LogP contribution in [0.3, 0.4) is 0 Å². The van der Waals surface area contributed by atoms with Crippen molar-refractivity contribution in [2.24, 2.45) is 5.73 Å². The van der Waals surface area contributed by atoms with Gasteiger partial charge in [-0.3, -0.25) is 4.79 Å². The van der Waals surface area contributed by atoms with Gasteiger partial charge in [-0.1, -0.05) is 13.3 Å². The Morgan fingerprint density at radius 2 is 2.06 bits per heavy atom. The van der Waals surface area contributed by atoms with Gasteiger partial charge >= 0.3 is 0 Å². The number of nitrogens with one attached hydrogen (secondary N) is 1. The van der Waals surface area contributed by atoms with Gasteiger partial charge < -0.3 is 15.8 Å². The number of ether oxygens (including phenoxy) is 1. The van der Waals surface area contributed by atoms with E-state index in [2.05, 4.69) is 5.32 Å². The van der Waals surface area contributed by atoms with Crippen LogP contribution in [0.1, 0.15) is 39.0 Å². The third-order valence-electron chi connectivity index (χ3n) is 2.26. The average Bonchev–Trinajstić information content (AvgIpc) is 2.23. The number of carbonyl (C=O) groups is 1. The number of unbranched alkanes of at least 4 members (excludes halogenated alkanes) is 2. The Balaban J connectivity index is 0. The van der Waals surface area contributed by atoms with Crippen molar-refractivity contribution >= 4 is 18.3 Å². The van der Waals surface area contributed by atoms with Crippen molar-refractivity contribution in [3.05, 3.63) is 0 Å². The van der Waals surface area contributed by atoms with Crippen LogP contribution >= 0.6 is 12.4 Å². The topological polar surface area (TPSA) is 64.4 Å². The number of nitrogens with two attached hydrogens (primary N) is 1. The first-order valence-electron chi connectivity index (χ1n) is 5.74. The number of methoxy groups -OCH3 is 1. The zero-order chi connectivity index (χ0) is 11.5. The van der Waals surface area contributed by atoms with E-state index in [1.807, 2.05) is 6.92 Å². The molecule has 0 rings (SSSR count). The fourth-order valence-corrected chi connectivity index (χ4v) is 1.33. The third kappa shape index (κ3) is 10.2. The fourth-order valence-electron chi connectivity index (χ4n) is 1.33. The van der Waals surface area contributed by atoms with E-state index >= 15 is 0 Å². The maximum absolute atomic E-state index is 11.4. The van der Waals surface area contributed by atoms with Crippen LogP contribution in [0.2, 0.25) is 0 Å². The second-order valence-corrected chi connectivity index (χ2v) is 3.74. The number of hydrogen-bond donors (Lipinski definition) is 2. The monoisotopic (exact) mass is 252 g/mol. The highest BCUT2D eigenvalue weighted by molar-refractivity contribution is 5.85. The molecule has 3 N–H and O–H groups in total. The Morgan fingerprint density at radius 3 is 2.62 bits per heavy atom. The molecular formula is C11H25ClN2O2. The van der Waals surface area contributed by atoms with Crippen LogP contribution in [0, 0.1) is 0 Å². The van der Waals surface area contributed by atoms with Gasteiger partial charge in [-0.25, -0.2) is 0 Å². The minimum Gasteiger partial charge on any atom is -0.385 e. The Labute approximate surface area is 105 Å². The summed E-state index contributed by atoms with van der Waals surface area (Å²) in [6.07, 6.45) is 4.83. The quantitative estimate of drug-likeness (QED) is 0.611. The van der Waals surface area contributed by atoms with Gasteiger partial charge in [0, 0.05) is 20.3 Å². The zero-order valence-corrected chi connectivity index (χ0v) is 11.1. The Hall–Kier alpha value is -0.320. The molecule has 98 valence electrons. The SMILES string of the molecule is CCCC(N)C(=O)NCCCCCOC.Cl. The Kier molecular flexibility index (Phi) is 14.4. The summed E-state index contributed by atoms with van der Waals surface area (Å²) in [6.45, 7) is 3.54. The molecule has 0 heterocycles. The first-order chi connectivity index (χ1) is 7.22. The van der Waals surface area contributed by atoms with E-state index in [0.29, 0.717) is 0 Å². The molecule has 0 aliphatic heterocycles. The van der Waals surface area contributed by atoms with Gasteiger partial charge in [-0.15, -0.1) is 12.4 Å². The van der Waals surface area contributed by atoms with E-state index < -0.39 is 0 Å². The molecule has 1 atom stereocenters. The highest BCUT2D eigenvalue weighted by Crippen LogP contribution is 1.96. The van der Waals surface area contributed by atoms with Gasteiger partial charge in [0.1, 0.15) is 0 Å². The van der Waals surface area contributed by atoms with Crippen molar-refractivity contribution in [3.8, 4) is 0 Å². The summed E-state index contributed by atoms with van der Waals surface area (Å²) in [6, 6.07) is -0.339. The molecule has 1 amide bonds. The van der Waals surface area contributed by atoms with Crippen molar-refractivity contribution in [3.63, 3.8) is 0 Å². The lowest BCUT2D eigenvalue weighted by Crippen LogP contribution is -2.40. The summed E-state index contributed by atoms with van der Waals surface area (Å²) < 4.78 is 4.93. The van der Waals surface area contributed by atoms with E-state index in [9.17, 15) is 4.79 Å². The van der Waals surface area contributed by atoms with Crippen LogP contribution in [0.4, 0.5) is 0 Å². The van der Waals surface area contributed by atoms with Crippen LogP contribution in [0.25, 0.3) is 0 Å². The summed E-state index contributed by atoms with van der Waals surface area (Å²) in [7, 11) is 1.70. The van der Waals surface area contributed by atoms with Crippen molar-refractivity contribution in [1.82, 2.24) is 5.32 Å². The van der Waals surface area contributed by atoms with Crippen molar-refractivity contribution in [2.75, 3.05) is 20.3 Å². The van der Waals surface area contributed by atoms with Gasteiger partial charge in [0.25, 0.3) is 0 Å². The van der Waals surface area contributed by atoms with Gasteiger partial charge in [-0.05, 0) is 25.7 Å². The highest BCUT2D eigenvalue weighted by atomic mass is 35.5. The minimum absolute atomic E-state index is 0. The molecule has 0 radical (unpaired) electrons. The molecule has 0 aromatic carbocycles. The summed E-state index contributed by atoms with van der Waals surface area (Å²) in [4.78, 5) is 11.4. The first-order valence-corrected chi connectivity index (χ1v) is 5.74. The highest BCUT2D eigenvalue weighted by Gasteiger charge is 2.10. The van der Waals surface area contributed by atoms with E-state index in [1.54, 1.807) is 7.11 Å². The van der Waals surface area contributed by atoms with Crippen LogP contribution in [0.5, 0.6) is 0 Å². The molecule has 0 aromatic rings. The van der Waals surface area contributed by atoms with Crippen LogP contribution in [0.15, 0.2) is 0 Å². The first kappa shape index (κ1) is 18.1. The van der Waals surface area contributed by atoms with E-state index in [1.165, 1.54) is 0 Å². The Bertz CT molecular complexity index is 168. The summed E-state index contributed by atoms with van der Waals surface area (Å²) in [5.74, 6) is -0.0245. The number of amides is 1. The predicted molar refractivity (Wildman–Crippen MR) is 68.9 cm³/mol. The summed E-state index contributed by atoms with van der Waals surface area (Å²) >= 11 is 0. The standard InChI is InChI=1S/C11H24N2O2.ClH/c1-3-7-10(12)11(14)13-8-5-4-6-9-15-2;/h10H,3-9,12H2,1-2H3,(H,13,14);1H. The number of halogens is 1. The van der Waals surface area contributed by atoms with Crippen molar-refractivity contribution in [2.45, 2.75) is 45.1 Å². The molecule has 0 aromatic heterocycles. The van der Waals surface area contributed by atoms with Gasteiger partial charge in [0.2, 0.25) is 5.91 Å². The molecule has 0 saturated heterocycles. The lowest BCUT2D eigenvalue weighted by molar-refractivity contribution is -0.122. The molecule has 1 unspecified atom stereocenters. The maximum Gasteiger partial charge on any atom is 0.236 e. The molecule has 0 saturated carbocycles. The van der Waals surface area contributed by atoms with Gasteiger partial charge in [0.15, 0.2) is 0 Å². The van der Waals surface area contributed by atoms with E-state index in [4.69, 9.17) is 10.5 Å². The fraction of sp³-hybridized carbons (Fsp3) is 0.909. The molecule has 0 fully saturated rings. The zero-order valence-electron chi connectivity index (χ0n) is 10.3. The third-order valence-corrected chi connectivity index (χ3v) is 2.26. The van der Waals surface area contributed by atoms with Crippen molar-refractivity contribution < 1.29 is 9.53 Å². The summed E-state index contributed by atoms with van der Waals surface area (Å²) in [5.41, 5.74) is 5.66. The Morgan fingerprint density at radius 1 is 1.38 bits per heavy atom. The number of carbonyl (C=O) groups excluding carboxylic acids is 1. The van der Waals surface area contributed by atoms with Gasteiger partial charge in [-0.2, -0.15) is 0 Å². The lowest BCUT2D eigenvalue weighted by Gasteiger charge is -2.10. The molecule has 0 spiro atoms.